The molecule has 0 aliphatic carbocycles. The second-order valence-electron chi connectivity index (χ2n) is 1.41. The number of nitrogens with one attached hydrogen (secondary N) is 1. The molecular weight excluding hydrogens is 114 g/mol. The summed E-state index contributed by atoms with van der Waals surface area (Å²) in [5, 5.41) is 6.48. The highest BCUT2D eigenvalue weighted by Gasteiger charge is 1.80. The van der Waals surface area contributed by atoms with Crippen LogP contribution in [-0.4, -0.2) is 11.0 Å². The van der Waals surface area contributed by atoms with Crippen LogP contribution in [0.4, 0.5) is 5.82 Å². The van der Waals surface area contributed by atoms with Gasteiger partial charge >= 0.3 is 0 Å². The lowest BCUT2D eigenvalue weighted by Crippen LogP contribution is -1.67. The highest BCUT2D eigenvalue weighted by molar-refractivity contribution is 5.45. The predicted molar refractivity (Wildman–Crippen MR) is 34.1 cm³/mol. The molecule has 0 aliphatic rings. The average molecular weight is 119 g/mol. The van der Waals surface area contributed by atoms with Gasteiger partial charge in [0, 0.05) is 6.20 Å². The van der Waals surface area contributed by atoms with E-state index in [1.54, 1.807) is 18.3 Å². The molecule has 3 heteroatoms. The van der Waals surface area contributed by atoms with Crippen LogP contribution in [0.15, 0.2) is 29.4 Å². The maximum absolute atomic E-state index is 6.48. The molecule has 0 bridgehead atoms. The summed E-state index contributed by atoms with van der Waals surface area (Å²) in [7, 11) is 0. The van der Waals surface area contributed by atoms with Crippen LogP contribution in [-0.2, 0) is 0 Å². The molecular formula is C6H5N3. The molecule has 0 unspecified atom stereocenters. The summed E-state index contributed by atoms with van der Waals surface area (Å²) in [5.74, 6) is 0.521. The van der Waals surface area contributed by atoms with Gasteiger partial charge < -0.3 is 0 Å². The molecule has 0 aliphatic heterocycles. The molecule has 0 atom stereocenters. The van der Waals surface area contributed by atoms with Crippen LogP contribution in [0.5, 0.6) is 0 Å². The van der Waals surface area contributed by atoms with Crippen molar-refractivity contribution in [2.75, 3.05) is 0 Å². The van der Waals surface area contributed by atoms with E-state index in [0.717, 1.165) is 0 Å². The van der Waals surface area contributed by atoms with Crippen LogP contribution in [0.1, 0.15) is 0 Å². The fourth-order valence-electron chi connectivity index (χ4n) is 0.477. The lowest BCUT2D eigenvalue weighted by atomic mass is 10.5. The van der Waals surface area contributed by atoms with Gasteiger partial charge in [-0.15, -0.1) is 0 Å². The van der Waals surface area contributed by atoms with E-state index >= 15 is 0 Å². The molecule has 3 nitrogen and oxygen atoms in total. The van der Waals surface area contributed by atoms with Crippen molar-refractivity contribution >= 4 is 11.8 Å². The topological polar surface area (TPSA) is 49.1 Å². The van der Waals surface area contributed by atoms with Gasteiger partial charge in [-0.1, -0.05) is 6.07 Å². The number of aromatic nitrogens is 1. The molecule has 0 amide bonds. The Balaban J connectivity index is 2.97. The minimum absolute atomic E-state index is 0.521. The summed E-state index contributed by atoms with van der Waals surface area (Å²) >= 11 is 0. The average Bonchev–Trinajstić information content (AvgIpc) is 1.91. The molecule has 1 rings (SSSR count). The van der Waals surface area contributed by atoms with Gasteiger partial charge in [0.2, 0.25) is 0 Å². The van der Waals surface area contributed by atoms with Crippen molar-refractivity contribution in [1.29, 1.82) is 5.41 Å². The Labute approximate surface area is 52.6 Å². The summed E-state index contributed by atoms with van der Waals surface area (Å²) in [6, 6.07) is 7.21. The largest absolute Gasteiger partial charge is 0.241 e. The summed E-state index contributed by atoms with van der Waals surface area (Å²) in [6.07, 6.45) is 1.62. The Morgan fingerprint density at radius 1 is 1.56 bits per heavy atom. The molecule has 44 valence electrons. The van der Waals surface area contributed by atoms with Crippen molar-refractivity contribution in [3.8, 4) is 0 Å². The molecule has 0 fully saturated rings. The quantitative estimate of drug-likeness (QED) is 0.559. The fourth-order valence-corrected chi connectivity index (χ4v) is 0.477. The van der Waals surface area contributed by atoms with Gasteiger partial charge in [0.1, 0.15) is 0 Å². The van der Waals surface area contributed by atoms with E-state index in [1.165, 1.54) is 0 Å². The standard InChI is InChI=1S/C6H5N3/c7-5-9-6-3-1-2-4-8-6/h1-4,7H. The van der Waals surface area contributed by atoms with Crippen molar-refractivity contribution in [1.82, 2.24) is 4.98 Å². The van der Waals surface area contributed by atoms with Crippen molar-refractivity contribution in [3.63, 3.8) is 0 Å². The van der Waals surface area contributed by atoms with Gasteiger partial charge in [-0.2, -0.15) is 4.99 Å². The monoisotopic (exact) mass is 119 g/mol. The first kappa shape index (κ1) is 5.66. The van der Waals surface area contributed by atoms with Crippen LogP contribution in [0.2, 0.25) is 0 Å². The third-order valence-electron chi connectivity index (χ3n) is 0.820. The first-order valence-electron chi connectivity index (χ1n) is 2.47. The van der Waals surface area contributed by atoms with Crippen LogP contribution in [0, 0.1) is 5.41 Å². The molecule has 0 radical (unpaired) electrons. The highest BCUT2D eigenvalue weighted by Crippen LogP contribution is 2.01. The Hall–Kier alpha value is -1.47. The van der Waals surface area contributed by atoms with Gasteiger partial charge in [-0.05, 0) is 12.1 Å². The molecule has 0 saturated carbocycles. The van der Waals surface area contributed by atoms with Crippen molar-refractivity contribution < 1.29 is 0 Å². The summed E-state index contributed by atoms with van der Waals surface area (Å²) < 4.78 is 0. The fraction of sp³-hybridized carbons (Fsp3) is 0. The zero-order chi connectivity index (χ0) is 6.53. The number of aliphatic imine (C=N–C) groups is 1. The third-order valence-corrected chi connectivity index (χ3v) is 0.820. The van der Waals surface area contributed by atoms with Crippen LogP contribution in [0.3, 0.4) is 0 Å². The second kappa shape index (κ2) is 2.74. The van der Waals surface area contributed by atoms with E-state index < -0.39 is 0 Å². The number of pyridine rings is 1. The number of hydrogen-bond donors (Lipinski definition) is 1. The lowest BCUT2D eigenvalue weighted by Gasteiger charge is -1.83. The van der Waals surface area contributed by atoms with Crippen molar-refractivity contribution in [2.45, 2.75) is 0 Å². The first-order valence-corrected chi connectivity index (χ1v) is 2.47. The molecule has 1 N–H and O–H groups in total. The van der Waals surface area contributed by atoms with Crippen molar-refractivity contribution in [2.24, 2.45) is 4.99 Å². The molecule has 1 aromatic rings. The molecule has 0 spiro atoms. The Bertz CT molecular complexity index is 223. The van der Waals surface area contributed by atoms with Crippen molar-refractivity contribution in [3.05, 3.63) is 24.4 Å². The van der Waals surface area contributed by atoms with E-state index in [9.17, 15) is 0 Å². The number of hydrogen-bond acceptors (Lipinski definition) is 3. The van der Waals surface area contributed by atoms with Gasteiger partial charge in [-0.25, -0.2) is 10.4 Å². The van der Waals surface area contributed by atoms with Crippen LogP contribution < -0.4 is 0 Å². The molecule has 0 aromatic carbocycles. The van der Waals surface area contributed by atoms with E-state index in [4.69, 9.17) is 5.41 Å². The number of nitrogens with zero attached hydrogens (tertiary/aromatic N) is 2. The summed E-state index contributed by atoms with van der Waals surface area (Å²) in [5.41, 5.74) is 0. The molecule has 1 aromatic heterocycles. The van der Waals surface area contributed by atoms with Gasteiger partial charge in [0.25, 0.3) is 0 Å². The van der Waals surface area contributed by atoms with Gasteiger partial charge in [0.05, 0.1) is 6.01 Å². The van der Waals surface area contributed by atoms with E-state index in [0.29, 0.717) is 5.82 Å². The second-order valence-corrected chi connectivity index (χ2v) is 1.41. The Morgan fingerprint density at radius 2 is 2.44 bits per heavy atom. The highest BCUT2D eigenvalue weighted by atomic mass is 14.9. The van der Waals surface area contributed by atoms with E-state index in [1.807, 2.05) is 12.1 Å². The van der Waals surface area contributed by atoms with Gasteiger partial charge in [-0.3, -0.25) is 0 Å². The van der Waals surface area contributed by atoms with E-state index in [2.05, 4.69) is 9.98 Å². The SMILES string of the molecule is N=C=Nc1ccccn1. The molecule has 0 saturated heterocycles. The maximum Gasteiger partial charge on any atom is 0.163 e. The predicted octanol–water partition coefficient (Wildman–Crippen LogP) is 1.47. The Morgan fingerprint density at radius 3 is 3.00 bits per heavy atom. The molecule has 9 heavy (non-hydrogen) atoms. The number of rotatable bonds is 1. The third kappa shape index (κ3) is 1.48. The zero-order valence-corrected chi connectivity index (χ0v) is 4.70. The van der Waals surface area contributed by atoms with Gasteiger partial charge in [0.15, 0.2) is 5.82 Å². The minimum atomic E-state index is 0.521. The zero-order valence-electron chi connectivity index (χ0n) is 4.70. The normalized spacial score (nSPS) is 8.00. The Kier molecular flexibility index (Phi) is 1.73. The van der Waals surface area contributed by atoms with Crippen LogP contribution >= 0.6 is 0 Å². The summed E-state index contributed by atoms with van der Waals surface area (Å²) in [4.78, 5) is 7.33. The summed E-state index contributed by atoms with van der Waals surface area (Å²) in [6.45, 7) is 0. The molecule has 1 heterocycles. The minimum Gasteiger partial charge on any atom is -0.241 e. The van der Waals surface area contributed by atoms with Crippen LogP contribution in [0.25, 0.3) is 0 Å². The first-order chi connectivity index (χ1) is 4.43. The van der Waals surface area contributed by atoms with E-state index in [-0.39, 0.29) is 0 Å². The smallest absolute Gasteiger partial charge is 0.163 e. The maximum atomic E-state index is 6.48. The lowest BCUT2D eigenvalue weighted by molar-refractivity contribution is 1.28.